The third kappa shape index (κ3) is 3.23. The minimum atomic E-state index is -0.246. The van der Waals surface area contributed by atoms with Gasteiger partial charge in [0.2, 0.25) is 0 Å². The van der Waals surface area contributed by atoms with Gasteiger partial charge in [-0.3, -0.25) is 9.78 Å². The van der Waals surface area contributed by atoms with Crippen molar-refractivity contribution in [1.82, 2.24) is 4.98 Å². The number of methoxy groups -OCH3 is 1. The lowest BCUT2D eigenvalue weighted by Crippen LogP contribution is -2.24. The van der Waals surface area contributed by atoms with Crippen LogP contribution in [0, 0.1) is 5.82 Å². The zero-order valence-corrected chi connectivity index (χ0v) is 11.2. The van der Waals surface area contributed by atoms with Gasteiger partial charge < -0.3 is 9.47 Å². The van der Waals surface area contributed by atoms with Crippen molar-refractivity contribution < 1.29 is 18.7 Å². The molecule has 1 aliphatic carbocycles. The maximum Gasteiger partial charge on any atom is 0.292 e. The second-order valence-electron chi connectivity index (χ2n) is 4.45. The highest BCUT2D eigenvalue weighted by Gasteiger charge is 2.20. The number of halogens is 1. The van der Waals surface area contributed by atoms with Crippen LogP contribution < -0.4 is 4.74 Å². The lowest BCUT2D eigenvalue weighted by Gasteiger charge is -2.26. The Morgan fingerprint density at radius 1 is 1.35 bits per heavy atom. The van der Waals surface area contributed by atoms with Crippen LogP contribution in [-0.2, 0) is 9.53 Å². The molecule has 1 aliphatic rings. The van der Waals surface area contributed by atoms with Crippen LogP contribution in [0.3, 0.4) is 0 Å². The van der Waals surface area contributed by atoms with Crippen molar-refractivity contribution in [3.05, 3.63) is 36.3 Å². The fraction of sp³-hybridized carbons (Fsp3) is 0.333. The molecular weight excluding hydrogens is 261 g/mol. The van der Waals surface area contributed by atoms with Crippen LogP contribution in [0.15, 0.2) is 30.5 Å². The topological polar surface area (TPSA) is 48.4 Å². The van der Waals surface area contributed by atoms with E-state index >= 15 is 0 Å². The van der Waals surface area contributed by atoms with E-state index in [9.17, 15) is 4.39 Å². The van der Waals surface area contributed by atoms with Gasteiger partial charge in [-0.15, -0.1) is 0 Å². The highest BCUT2D eigenvalue weighted by Crippen LogP contribution is 2.30. The van der Waals surface area contributed by atoms with E-state index in [0.29, 0.717) is 23.1 Å². The average Bonchev–Trinajstić information content (AvgIpc) is 2.45. The van der Waals surface area contributed by atoms with Crippen LogP contribution in [0.25, 0.3) is 10.9 Å². The van der Waals surface area contributed by atoms with Gasteiger partial charge in [0.1, 0.15) is 17.1 Å². The van der Waals surface area contributed by atoms with Crippen LogP contribution in [-0.4, -0.2) is 24.7 Å². The summed E-state index contributed by atoms with van der Waals surface area (Å²) in [5.74, 6) is 0.450. The first-order valence-electron chi connectivity index (χ1n) is 6.42. The third-order valence-electron chi connectivity index (χ3n) is 3.12. The zero-order valence-electron chi connectivity index (χ0n) is 11.2. The molecular formula is C15H16FNO3. The van der Waals surface area contributed by atoms with Gasteiger partial charge in [0.05, 0.1) is 13.2 Å². The number of aromatic nitrogens is 1. The van der Waals surface area contributed by atoms with Crippen LogP contribution in [0.1, 0.15) is 19.3 Å². The number of fused-ring (bicyclic) bond motifs is 1. The molecule has 1 aromatic carbocycles. The summed E-state index contributed by atoms with van der Waals surface area (Å²) in [7, 11) is 1.31. The zero-order chi connectivity index (χ0) is 14.4. The molecule has 0 unspecified atom stereocenters. The number of pyridine rings is 1. The van der Waals surface area contributed by atoms with Crippen molar-refractivity contribution in [1.29, 1.82) is 0 Å². The summed E-state index contributed by atoms with van der Waals surface area (Å²) in [6, 6.07) is 6.57. The monoisotopic (exact) mass is 277 g/mol. The van der Waals surface area contributed by atoms with Crippen molar-refractivity contribution >= 4 is 17.4 Å². The lowest BCUT2D eigenvalue weighted by atomic mass is 9.96. The Balaban J connectivity index is 0.000000328. The molecule has 3 rings (SSSR count). The molecule has 1 saturated carbocycles. The summed E-state index contributed by atoms with van der Waals surface area (Å²) < 4.78 is 23.2. The Labute approximate surface area is 116 Å². The Morgan fingerprint density at radius 2 is 2.10 bits per heavy atom. The molecule has 0 spiro atoms. The van der Waals surface area contributed by atoms with Gasteiger partial charge in [-0.25, -0.2) is 4.39 Å². The SMILES string of the molecule is COC=O.Fc1ccc(OC2CCC2)c2ncccc12. The molecule has 1 aromatic heterocycles. The first-order valence-corrected chi connectivity index (χ1v) is 6.42. The van der Waals surface area contributed by atoms with Crippen molar-refractivity contribution in [2.45, 2.75) is 25.4 Å². The average molecular weight is 277 g/mol. The smallest absolute Gasteiger partial charge is 0.292 e. The number of carbonyl (C=O) groups excluding carboxylic acids is 1. The maximum atomic E-state index is 13.5. The van der Waals surface area contributed by atoms with E-state index in [-0.39, 0.29) is 11.9 Å². The fourth-order valence-electron chi connectivity index (χ4n) is 1.88. The highest BCUT2D eigenvalue weighted by atomic mass is 19.1. The largest absolute Gasteiger partial charge is 0.488 e. The number of benzene rings is 1. The van der Waals surface area contributed by atoms with Crippen molar-refractivity contribution in [3.63, 3.8) is 0 Å². The van der Waals surface area contributed by atoms with E-state index in [1.165, 1.54) is 19.6 Å². The molecule has 0 atom stereocenters. The molecule has 0 saturated heterocycles. The molecule has 2 aromatic rings. The normalized spacial score (nSPS) is 13.9. The van der Waals surface area contributed by atoms with Crippen molar-refractivity contribution in [2.75, 3.05) is 7.11 Å². The van der Waals surface area contributed by atoms with Crippen LogP contribution >= 0.6 is 0 Å². The predicted molar refractivity (Wildman–Crippen MR) is 73.0 cm³/mol. The summed E-state index contributed by atoms with van der Waals surface area (Å²) in [4.78, 5) is 13.1. The Bertz CT molecular complexity index is 584. The fourth-order valence-corrected chi connectivity index (χ4v) is 1.88. The summed E-state index contributed by atoms with van der Waals surface area (Å²) in [6.45, 7) is 0.375. The van der Waals surface area contributed by atoms with E-state index in [1.54, 1.807) is 24.4 Å². The second kappa shape index (κ2) is 6.84. The molecule has 0 aliphatic heterocycles. The van der Waals surface area contributed by atoms with E-state index in [0.717, 1.165) is 12.8 Å². The molecule has 1 fully saturated rings. The summed E-state index contributed by atoms with van der Waals surface area (Å²) >= 11 is 0. The van der Waals surface area contributed by atoms with Crippen molar-refractivity contribution in [2.24, 2.45) is 0 Å². The van der Waals surface area contributed by atoms with Crippen molar-refractivity contribution in [3.8, 4) is 5.75 Å². The number of carbonyl (C=O) groups is 1. The molecule has 20 heavy (non-hydrogen) atoms. The highest BCUT2D eigenvalue weighted by molar-refractivity contribution is 5.84. The molecule has 106 valence electrons. The van der Waals surface area contributed by atoms with Gasteiger partial charge in [-0.05, 0) is 43.5 Å². The van der Waals surface area contributed by atoms with E-state index in [1.807, 2.05) is 0 Å². The molecule has 0 amide bonds. The first-order chi connectivity index (χ1) is 9.76. The number of rotatable bonds is 3. The second-order valence-corrected chi connectivity index (χ2v) is 4.45. The van der Waals surface area contributed by atoms with E-state index in [4.69, 9.17) is 9.53 Å². The number of nitrogens with zero attached hydrogens (tertiary/aromatic N) is 1. The summed E-state index contributed by atoms with van der Waals surface area (Å²) in [5.41, 5.74) is 0.620. The van der Waals surface area contributed by atoms with Gasteiger partial charge in [0.25, 0.3) is 6.47 Å². The summed E-state index contributed by atoms with van der Waals surface area (Å²) in [6.07, 6.45) is 5.35. The van der Waals surface area contributed by atoms with Gasteiger partial charge in [0, 0.05) is 11.6 Å². The van der Waals surface area contributed by atoms with Gasteiger partial charge >= 0.3 is 0 Å². The summed E-state index contributed by atoms with van der Waals surface area (Å²) in [5, 5.41) is 0.527. The molecule has 5 heteroatoms. The standard InChI is InChI=1S/C13H12FNO.C2H4O2/c14-11-6-7-12(16-9-3-1-4-9)13-10(11)5-2-8-15-13;1-4-2-3/h2,5-9H,1,3-4H2;2H,1H3. The van der Waals surface area contributed by atoms with Crippen LogP contribution in [0.4, 0.5) is 4.39 Å². The lowest BCUT2D eigenvalue weighted by molar-refractivity contribution is -0.126. The Kier molecular flexibility index (Phi) is 4.87. The molecule has 4 nitrogen and oxygen atoms in total. The maximum absolute atomic E-state index is 13.5. The molecule has 1 heterocycles. The third-order valence-corrected chi connectivity index (χ3v) is 3.12. The Hall–Kier alpha value is -2.17. The Morgan fingerprint density at radius 3 is 2.70 bits per heavy atom. The molecule has 0 radical (unpaired) electrons. The quantitative estimate of drug-likeness (QED) is 0.809. The van der Waals surface area contributed by atoms with Crippen LogP contribution in [0.2, 0.25) is 0 Å². The molecule has 0 bridgehead atoms. The van der Waals surface area contributed by atoms with Gasteiger partial charge in [-0.2, -0.15) is 0 Å². The molecule has 0 N–H and O–H groups in total. The number of ether oxygens (including phenoxy) is 2. The minimum Gasteiger partial charge on any atom is -0.488 e. The van der Waals surface area contributed by atoms with E-state index < -0.39 is 0 Å². The van der Waals surface area contributed by atoms with Gasteiger partial charge in [0.15, 0.2) is 0 Å². The van der Waals surface area contributed by atoms with Crippen LogP contribution in [0.5, 0.6) is 5.75 Å². The van der Waals surface area contributed by atoms with Gasteiger partial charge in [-0.1, -0.05) is 0 Å². The number of hydrogen-bond donors (Lipinski definition) is 0. The predicted octanol–water partition coefficient (Wildman–Crippen LogP) is 3.09. The number of hydrogen-bond acceptors (Lipinski definition) is 4. The minimum absolute atomic E-state index is 0.246. The first kappa shape index (κ1) is 14.2. The van der Waals surface area contributed by atoms with E-state index in [2.05, 4.69) is 9.72 Å².